The first-order valence-corrected chi connectivity index (χ1v) is 13.5. The summed E-state index contributed by atoms with van der Waals surface area (Å²) in [6.07, 6.45) is 0. The van der Waals surface area contributed by atoms with Crippen LogP contribution in [0.15, 0.2) is 58.6 Å². The van der Waals surface area contributed by atoms with Crippen LogP contribution in [0.4, 0.5) is 11.6 Å². The Hall–Kier alpha value is -2.60. The summed E-state index contributed by atoms with van der Waals surface area (Å²) < 4.78 is 28.2. The molecule has 1 aromatic heterocycles. The van der Waals surface area contributed by atoms with Crippen LogP contribution in [0, 0.1) is 0 Å². The first kappa shape index (κ1) is 26.0. The van der Waals surface area contributed by atoms with E-state index in [1.807, 2.05) is 24.3 Å². The number of halogens is 1. The van der Waals surface area contributed by atoms with Gasteiger partial charge in [0.05, 0.1) is 4.90 Å². The van der Waals surface area contributed by atoms with Gasteiger partial charge in [-0.3, -0.25) is 9.36 Å². The van der Waals surface area contributed by atoms with Gasteiger partial charge < -0.3 is 11.1 Å². The summed E-state index contributed by atoms with van der Waals surface area (Å²) in [5, 5.41) is 11.9. The fourth-order valence-electron chi connectivity index (χ4n) is 3.30. The smallest absolute Gasteiger partial charge is 0.247 e. The molecule has 2 aromatic carbocycles. The van der Waals surface area contributed by atoms with Crippen LogP contribution in [-0.4, -0.2) is 46.5 Å². The van der Waals surface area contributed by atoms with Crippen molar-refractivity contribution in [2.45, 2.75) is 42.6 Å². The maximum atomic E-state index is 12.9. The monoisotopic (exact) mass is 522 g/mol. The second kappa shape index (κ2) is 11.2. The number of carbonyl (C=O) groups excluding carboxylic acids is 1. The summed E-state index contributed by atoms with van der Waals surface area (Å²) in [4.78, 5) is 13.1. The van der Waals surface area contributed by atoms with E-state index in [9.17, 15) is 13.2 Å². The number of rotatable bonds is 10. The predicted molar refractivity (Wildman–Crippen MR) is 135 cm³/mol. The molecular formula is C22H27ClN6O3S2. The first-order chi connectivity index (χ1) is 16.2. The number of benzene rings is 2. The van der Waals surface area contributed by atoms with Crippen molar-refractivity contribution in [2.75, 3.05) is 24.1 Å². The fourth-order valence-corrected chi connectivity index (χ4v) is 6.06. The zero-order valence-corrected chi connectivity index (χ0v) is 21.5. The second-order valence-electron chi connectivity index (χ2n) is 7.37. The molecule has 9 nitrogen and oxygen atoms in total. The number of nitrogens with zero attached hydrogens (tertiary/aromatic N) is 4. The van der Waals surface area contributed by atoms with Gasteiger partial charge in [-0.1, -0.05) is 55.4 Å². The number of nitrogens with one attached hydrogen (secondary N) is 1. The standard InChI is InChI=1S/C22H27ClN6O3S2/c1-4-28(5-2)34(31,32)18-12-10-17(11-13-18)25-20(30)15(3)29-21(24)26-27-22(29)33-14-16-8-6-7-9-19(16)23/h6-13,15H,4-5,14H2,1-3H3,(H2,24,26)(H,25,30). The number of aromatic nitrogens is 3. The van der Waals surface area contributed by atoms with Crippen LogP contribution >= 0.6 is 23.4 Å². The third-order valence-corrected chi connectivity index (χ3v) is 8.66. The lowest BCUT2D eigenvalue weighted by Crippen LogP contribution is -2.30. The SMILES string of the molecule is CCN(CC)S(=O)(=O)c1ccc(NC(=O)C(C)n2c(N)nnc2SCc2ccccc2Cl)cc1. The number of hydrogen-bond acceptors (Lipinski definition) is 7. The Labute approximate surface area is 208 Å². The lowest BCUT2D eigenvalue weighted by molar-refractivity contribution is -0.118. The molecule has 0 fully saturated rings. The molecule has 0 aliphatic rings. The van der Waals surface area contributed by atoms with Gasteiger partial charge in [-0.15, -0.1) is 10.2 Å². The Bertz CT molecular complexity index is 1240. The summed E-state index contributed by atoms with van der Waals surface area (Å²) in [7, 11) is -3.57. The lowest BCUT2D eigenvalue weighted by Gasteiger charge is -2.19. The molecule has 0 saturated carbocycles. The number of nitrogens with two attached hydrogens (primary N) is 1. The van der Waals surface area contributed by atoms with Gasteiger partial charge in [0.1, 0.15) is 6.04 Å². The normalized spacial score (nSPS) is 12.6. The molecule has 0 aliphatic carbocycles. The molecule has 34 heavy (non-hydrogen) atoms. The van der Waals surface area contributed by atoms with E-state index in [4.69, 9.17) is 17.3 Å². The highest BCUT2D eigenvalue weighted by Crippen LogP contribution is 2.29. The molecule has 1 atom stereocenters. The second-order valence-corrected chi connectivity index (χ2v) is 10.7. The van der Waals surface area contributed by atoms with E-state index in [-0.39, 0.29) is 16.8 Å². The van der Waals surface area contributed by atoms with Crippen LogP contribution in [-0.2, 0) is 20.6 Å². The van der Waals surface area contributed by atoms with Gasteiger partial charge in [-0.2, -0.15) is 4.31 Å². The van der Waals surface area contributed by atoms with Crippen molar-refractivity contribution >= 4 is 50.9 Å². The number of amides is 1. The van der Waals surface area contributed by atoms with E-state index in [0.29, 0.717) is 34.7 Å². The average molecular weight is 523 g/mol. The molecule has 3 N–H and O–H groups in total. The number of hydrogen-bond donors (Lipinski definition) is 2. The van der Waals surface area contributed by atoms with E-state index in [0.717, 1.165) is 5.56 Å². The zero-order valence-electron chi connectivity index (χ0n) is 19.1. The molecule has 0 saturated heterocycles. The first-order valence-electron chi connectivity index (χ1n) is 10.7. The topological polar surface area (TPSA) is 123 Å². The Morgan fingerprint density at radius 2 is 1.79 bits per heavy atom. The molecule has 0 radical (unpaired) electrons. The van der Waals surface area contributed by atoms with Gasteiger partial charge >= 0.3 is 0 Å². The van der Waals surface area contributed by atoms with Crippen LogP contribution in [0.5, 0.6) is 0 Å². The van der Waals surface area contributed by atoms with Crippen molar-refractivity contribution in [3.8, 4) is 0 Å². The molecule has 0 aliphatic heterocycles. The van der Waals surface area contributed by atoms with Crippen molar-refractivity contribution in [2.24, 2.45) is 0 Å². The van der Waals surface area contributed by atoms with Crippen LogP contribution in [0.3, 0.4) is 0 Å². The fraction of sp³-hybridized carbons (Fsp3) is 0.318. The molecule has 1 heterocycles. The average Bonchev–Trinajstić information content (AvgIpc) is 3.19. The van der Waals surface area contributed by atoms with E-state index < -0.39 is 16.1 Å². The van der Waals surface area contributed by atoms with Crippen molar-refractivity contribution in [3.05, 3.63) is 59.1 Å². The van der Waals surface area contributed by atoms with Crippen LogP contribution in [0.1, 0.15) is 32.4 Å². The number of nitrogen functional groups attached to an aromatic ring is 1. The third-order valence-electron chi connectivity index (χ3n) is 5.24. The number of sulfonamides is 1. The molecule has 0 bridgehead atoms. The van der Waals surface area contributed by atoms with E-state index >= 15 is 0 Å². The Morgan fingerprint density at radius 3 is 2.41 bits per heavy atom. The van der Waals surface area contributed by atoms with Crippen LogP contribution in [0.25, 0.3) is 0 Å². The molecule has 0 spiro atoms. The molecule has 3 rings (SSSR count). The van der Waals surface area contributed by atoms with Gasteiger partial charge in [0, 0.05) is 29.6 Å². The summed E-state index contributed by atoms with van der Waals surface area (Å²) in [6.45, 7) is 6.02. The van der Waals surface area contributed by atoms with Gasteiger partial charge in [0.15, 0.2) is 5.16 Å². The van der Waals surface area contributed by atoms with Gasteiger partial charge in [-0.05, 0) is 42.8 Å². The zero-order chi connectivity index (χ0) is 24.9. The van der Waals surface area contributed by atoms with Gasteiger partial charge in [0.2, 0.25) is 21.9 Å². The largest absolute Gasteiger partial charge is 0.368 e. The highest BCUT2D eigenvalue weighted by molar-refractivity contribution is 7.98. The van der Waals surface area contributed by atoms with Gasteiger partial charge in [0.25, 0.3) is 0 Å². The molecular weight excluding hydrogens is 496 g/mol. The lowest BCUT2D eigenvalue weighted by atomic mass is 10.2. The minimum absolute atomic E-state index is 0.116. The summed E-state index contributed by atoms with van der Waals surface area (Å²) in [5.41, 5.74) is 7.39. The van der Waals surface area contributed by atoms with Crippen LogP contribution in [0.2, 0.25) is 5.02 Å². The number of thioether (sulfide) groups is 1. The van der Waals surface area contributed by atoms with E-state index in [1.54, 1.807) is 37.5 Å². The third kappa shape index (κ3) is 5.72. The quantitative estimate of drug-likeness (QED) is 0.385. The minimum Gasteiger partial charge on any atom is -0.368 e. The van der Waals surface area contributed by atoms with Crippen molar-refractivity contribution < 1.29 is 13.2 Å². The van der Waals surface area contributed by atoms with Crippen molar-refractivity contribution in [1.29, 1.82) is 0 Å². The van der Waals surface area contributed by atoms with E-state index in [2.05, 4.69) is 15.5 Å². The maximum absolute atomic E-state index is 12.9. The molecule has 3 aromatic rings. The number of anilines is 2. The van der Waals surface area contributed by atoms with E-state index in [1.165, 1.54) is 28.2 Å². The summed E-state index contributed by atoms with van der Waals surface area (Å²) >= 11 is 7.60. The van der Waals surface area contributed by atoms with Crippen molar-refractivity contribution in [1.82, 2.24) is 19.1 Å². The Kier molecular flexibility index (Phi) is 8.58. The highest BCUT2D eigenvalue weighted by atomic mass is 35.5. The molecule has 1 unspecified atom stereocenters. The molecule has 12 heteroatoms. The van der Waals surface area contributed by atoms with Gasteiger partial charge in [-0.25, -0.2) is 8.42 Å². The van der Waals surface area contributed by atoms with Crippen LogP contribution < -0.4 is 11.1 Å². The van der Waals surface area contributed by atoms with Crippen molar-refractivity contribution in [3.63, 3.8) is 0 Å². The predicted octanol–water partition coefficient (Wildman–Crippen LogP) is 4.04. The summed E-state index contributed by atoms with van der Waals surface area (Å²) in [6, 6.07) is 12.9. The molecule has 1 amide bonds. The summed E-state index contributed by atoms with van der Waals surface area (Å²) in [5.74, 6) is 0.310. The Balaban J connectivity index is 1.72. The number of carbonyl (C=O) groups is 1. The highest BCUT2D eigenvalue weighted by Gasteiger charge is 2.24. The Morgan fingerprint density at radius 1 is 1.15 bits per heavy atom. The maximum Gasteiger partial charge on any atom is 0.247 e. The minimum atomic E-state index is -3.57. The molecule has 182 valence electrons.